The summed E-state index contributed by atoms with van der Waals surface area (Å²) in [7, 11) is 1.97. The summed E-state index contributed by atoms with van der Waals surface area (Å²) in [5.74, 6) is -1.08. The van der Waals surface area contributed by atoms with Gasteiger partial charge < -0.3 is 9.64 Å². The van der Waals surface area contributed by atoms with E-state index in [9.17, 15) is 9.59 Å². The minimum Gasteiger partial charge on any atom is -0.393 e. The summed E-state index contributed by atoms with van der Waals surface area (Å²) < 4.78 is 4.62. The number of rotatable bonds is 0. The van der Waals surface area contributed by atoms with Crippen molar-refractivity contribution in [1.29, 1.82) is 0 Å². The second-order valence-corrected chi connectivity index (χ2v) is 3.88. The minimum absolute atomic E-state index is 0.123. The monoisotopic (exact) mass is 183 g/mol. The average Bonchev–Trinajstić information content (AvgIpc) is 2.35. The Morgan fingerprint density at radius 1 is 1.38 bits per heavy atom. The van der Waals surface area contributed by atoms with Crippen LogP contribution in [0.25, 0.3) is 0 Å². The van der Waals surface area contributed by atoms with E-state index in [0.717, 1.165) is 13.0 Å². The average molecular weight is 183 g/mol. The van der Waals surface area contributed by atoms with Gasteiger partial charge in [0.1, 0.15) is 0 Å². The molecular weight excluding hydrogens is 170 g/mol. The largest absolute Gasteiger partial charge is 0.393 e. The van der Waals surface area contributed by atoms with Crippen molar-refractivity contribution in [2.45, 2.75) is 19.4 Å². The number of piperidine rings is 1. The van der Waals surface area contributed by atoms with Crippen LogP contribution in [0.1, 0.15) is 13.3 Å². The molecule has 2 rings (SSSR count). The number of carbonyl (C=O) groups is 2. The van der Waals surface area contributed by atoms with Gasteiger partial charge in [-0.1, -0.05) is 0 Å². The zero-order valence-corrected chi connectivity index (χ0v) is 7.82. The van der Waals surface area contributed by atoms with Crippen LogP contribution in [-0.4, -0.2) is 36.5 Å². The lowest BCUT2D eigenvalue weighted by Gasteiger charge is -2.35. The first-order chi connectivity index (χ1) is 6.11. The van der Waals surface area contributed by atoms with E-state index in [1.165, 1.54) is 0 Å². The van der Waals surface area contributed by atoms with Crippen molar-refractivity contribution < 1.29 is 14.3 Å². The maximum Gasteiger partial charge on any atom is 0.319 e. The van der Waals surface area contributed by atoms with Gasteiger partial charge in [-0.3, -0.25) is 9.59 Å². The fourth-order valence-corrected chi connectivity index (χ4v) is 2.20. The van der Waals surface area contributed by atoms with Gasteiger partial charge >= 0.3 is 11.9 Å². The van der Waals surface area contributed by atoms with E-state index in [-0.39, 0.29) is 29.8 Å². The fourth-order valence-electron chi connectivity index (χ4n) is 2.20. The van der Waals surface area contributed by atoms with Crippen molar-refractivity contribution in [3.05, 3.63) is 0 Å². The van der Waals surface area contributed by atoms with Crippen LogP contribution in [0, 0.1) is 11.8 Å². The predicted molar refractivity (Wildman–Crippen MR) is 44.8 cm³/mol. The zero-order chi connectivity index (χ0) is 9.59. The number of carbonyl (C=O) groups excluding carboxylic acids is 2. The SMILES string of the molecule is CC1C2C(=O)OC(=O)C2CCN1C. The van der Waals surface area contributed by atoms with Gasteiger partial charge in [0.2, 0.25) is 0 Å². The highest BCUT2D eigenvalue weighted by Gasteiger charge is 2.50. The van der Waals surface area contributed by atoms with E-state index < -0.39 is 0 Å². The smallest absolute Gasteiger partial charge is 0.319 e. The standard InChI is InChI=1S/C9H13NO3/c1-5-7-6(3-4-10(5)2)8(11)13-9(7)12/h5-7H,3-4H2,1-2H3. The van der Waals surface area contributed by atoms with Crippen LogP contribution in [0.2, 0.25) is 0 Å². The molecule has 0 aromatic heterocycles. The molecule has 2 heterocycles. The topological polar surface area (TPSA) is 46.6 Å². The van der Waals surface area contributed by atoms with E-state index in [2.05, 4.69) is 9.64 Å². The Kier molecular flexibility index (Phi) is 1.87. The molecule has 3 unspecified atom stereocenters. The fraction of sp³-hybridized carbons (Fsp3) is 0.778. The predicted octanol–water partition coefficient (Wildman–Crippen LogP) is 0.0262. The molecule has 0 aromatic carbocycles. The van der Waals surface area contributed by atoms with E-state index in [1.54, 1.807) is 0 Å². The molecule has 0 aliphatic carbocycles. The van der Waals surface area contributed by atoms with E-state index in [1.807, 2.05) is 14.0 Å². The molecule has 72 valence electrons. The van der Waals surface area contributed by atoms with Gasteiger partial charge in [0, 0.05) is 6.04 Å². The third kappa shape index (κ3) is 1.16. The van der Waals surface area contributed by atoms with Crippen LogP contribution in [0.3, 0.4) is 0 Å². The lowest BCUT2D eigenvalue weighted by atomic mass is 9.82. The minimum atomic E-state index is -0.339. The Hall–Kier alpha value is -0.900. The summed E-state index contributed by atoms with van der Waals surface area (Å²) in [6.45, 7) is 2.83. The van der Waals surface area contributed by atoms with Gasteiger partial charge in [-0.25, -0.2) is 0 Å². The Bertz CT molecular complexity index is 264. The van der Waals surface area contributed by atoms with E-state index >= 15 is 0 Å². The molecule has 4 heteroatoms. The van der Waals surface area contributed by atoms with E-state index in [0.29, 0.717) is 0 Å². The lowest BCUT2D eigenvalue weighted by Crippen LogP contribution is -2.46. The molecule has 13 heavy (non-hydrogen) atoms. The van der Waals surface area contributed by atoms with Crippen molar-refractivity contribution in [2.75, 3.05) is 13.6 Å². The van der Waals surface area contributed by atoms with Gasteiger partial charge in [-0.15, -0.1) is 0 Å². The van der Waals surface area contributed by atoms with Crippen molar-refractivity contribution in [3.8, 4) is 0 Å². The molecule has 2 fully saturated rings. The number of ether oxygens (including phenoxy) is 1. The quantitative estimate of drug-likeness (QED) is 0.392. The summed E-state index contributed by atoms with van der Waals surface area (Å²) in [4.78, 5) is 24.6. The molecule has 0 saturated carbocycles. The number of likely N-dealkylation sites (tertiary alicyclic amines) is 1. The highest BCUT2D eigenvalue weighted by molar-refractivity contribution is 5.97. The highest BCUT2D eigenvalue weighted by atomic mass is 16.6. The first-order valence-corrected chi connectivity index (χ1v) is 4.57. The number of fused-ring (bicyclic) bond motifs is 1. The maximum absolute atomic E-state index is 11.3. The van der Waals surface area contributed by atoms with Crippen molar-refractivity contribution in [2.24, 2.45) is 11.8 Å². The number of hydrogen-bond acceptors (Lipinski definition) is 4. The van der Waals surface area contributed by atoms with Crippen molar-refractivity contribution in [3.63, 3.8) is 0 Å². The Morgan fingerprint density at radius 3 is 2.77 bits per heavy atom. The lowest BCUT2D eigenvalue weighted by molar-refractivity contribution is -0.153. The summed E-state index contributed by atoms with van der Waals surface area (Å²) >= 11 is 0. The normalized spacial score (nSPS) is 40.3. The molecule has 2 aliphatic rings. The molecule has 0 bridgehead atoms. The van der Waals surface area contributed by atoms with Gasteiger partial charge in [0.25, 0.3) is 0 Å². The Morgan fingerprint density at radius 2 is 2.08 bits per heavy atom. The second-order valence-electron chi connectivity index (χ2n) is 3.88. The summed E-state index contributed by atoms with van der Waals surface area (Å²) in [5.41, 5.74) is 0. The molecule has 0 amide bonds. The molecule has 0 N–H and O–H groups in total. The van der Waals surface area contributed by atoms with Crippen LogP contribution in [0.4, 0.5) is 0 Å². The molecule has 0 aromatic rings. The summed E-state index contributed by atoms with van der Waals surface area (Å²) in [5, 5.41) is 0. The molecule has 2 saturated heterocycles. The number of hydrogen-bond donors (Lipinski definition) is 0. The highest BCUT2D eigenvalue weighted by Crippen LogP contribution is 2.34. The van der Waals surface area contributed by atoms with Gasteiger partial charge in [0.15, 0.2) is 0 Å². The molecule has 3 atom stereocenters. The summed E-state index contributed by atoms with van der Waals surface area (Å²) in [6.07, 6.45) is 0.746. The van der Waals surface area contributed by atoms with Gasteiger partial charge in [-0.2, -0.15) is 0 Å². The van der Waals surface area contributed by atoms with E-state index in [4.69, 9.17) is 0 Å². The van der Waals surface area contributed by atoms with Crippen molar-refractivity contribution in [1.82, 2.24) is 4.90 Å². The number of esters is 2. The zero-order valence-electron chi connectivity index (χ0n) is 7.82. The van der Waals surface area contributed by atoms with Crippen LogP contribution in [-0.2, 0) is 14.3 Å². The Balaban J connectivity index is 2.25. The molecule has 4 nitrogen and oxygen atoms in total. The molecular formula is C9H13NO3. The first-order valence-electron chi connectivity index (χ1n) is 4.57. The third-order valence-electron chi connectivity index (χ3n) is 3.22. The molecule has 0 spiro atoms. The van der Waals surface area contributed by atoms with Crippen LogP contribution >= 0.6 is 0 Å². The van der Waals surface area contributed by atoms with Crippen LogP contribution in [0.5, 0.6) is 0 Å². The van der Waals surface area contributed by atoms with Crippen molar-refractivity contribution >= 4 is 11.9 Å². The third-order valence-corrected chi connectivity index (χ3v) is 3.22. The Labute approximate surface area is 76.8 Å². The first kappa shape index (κ1) is 8.69. The summed E-state index contributed by atoms with van der Waals surface area (Å²) in [6, 6.07) is 0.123. The maximum atomic E-state index is 11.3. The van der Waals surface area contributed by atoms with Crippen LogP contribution < -0.4 is 0 Å². The van der Waals surface area contributed by atoms with Gasteiger partial charge in [-0.05, 0) is 26.9 Å². The second kappa shape index (κ2) is 2.80. The molecule has 2 aliphatic heterocycles. The van der Waals surface area contributed by atoms with Crippen LogP contribution in [0.15, 0.2) is 0 Å². The molecule has 0 radical (unpaired) electrons. The number of cyclic esters (lactones) is 2. The number of nitrogens with zero attached hydrogens (tertiary/aromatic N) is 1. The van der Waals surface area contributed by atoms with Gasteiger partial charge in [0.05, 0.1) is 11.8 Å².